The van der Waals surface area contributed by atoms with E-state index in [2.05, 4.69) is 110 Å². The van der Waals surface area contributed by atoms with E-state index in [9.17, 15) is 0 Å². The highest BCUT2D eigenvalue weighted by Crippen LogP contribution is 2.24. The fraction of sp³-hybridized carbons (Fsp3) is 0.161. The van der Waals surface area contributed by atoms with Crippen molar-refractivity contribution in [3.05, 3.63) is 125 Å². The van der Waals surface area contributed by atoms with Gasteiger partial charge in [0, 0.05) is 0 Å². The summed E-state index contributed by atoms with van der Waals surface area (Å²) in [6.45, 7) is 4.98. The molecular weight excluding hydrogens is 388 g/mol. The normalized spacial score (nSPS) is 12.1. The molecule has 32 heavy (non-hydrogen) atoms. The molecule has 0 spiro atoms. The third-order valence-electron chi connectivity index (χ3n) is 5.77. The number of hydrogen-bond donors (Lipinski definition) is 0. The van der Waals surface area contributed by atoms with Crippen LogP contribution in [0, 0.1) is 0 Å². The van der Waals surface area contributed by atoms with Gasteiger partial charge < -0.3 is 4.74 Å². The molecule has 4 aromatic carbocycles. The lowest BCUT2D eigenvalue weighted by Crippen LogP contribution is -1.98. The van der Waals surface area contributed by atoms with E-state index in [1.54, 1.807) is 0 Å². The monoisotopic (exact) mass is 418 g/mol. The van der Waals surface area contributed by atoms with E-state index >= 15 is 0 Å². The Balaban J connectivity index is 1.38. The van der Waals surface area contributed by atoms with E-state index in [1.807, 2.05) is 19.1 Å². The summed E-state index contributed by atoms with van der Waals surface area (Å²) in [4.78, 5) is 0. The van der Waals surface area contributed by atoms with Gasteiger partial charge in [-0.1, -0.05) is 110 Å². The van der Waals surface area contributed by atoms with Gasteiger partial charge in [-0.25, -0.2) is 0 Å². The van der Waals surface area contributed by atoms with Gasteiger partial charge in [0.05, 0.1) is 6.61 Å². The Labute approximate surface area is 192 Å². The summed E-state index contributed by atoms with van der Waals surface area (Å²) < 4.78 is 5.50. The minimum Gasteiger partial charge on any atom is -0.494 e. The third kappa shape index (κ3) is 5.76. The molecule has 0 heterocycles. The quantitative estimate of drug-likeness (QED) is 0.262. The molecule has 1 heteroatoms. The van der Waals surface area contributed by atoms with Gasteiger partial charge in [0.25, 0.3) is 0 Å². The molecule has 0 bridgehead atoms. The van der Waals surface area contributed by atoms with Gasteiger partial charge in [0.2, 0.25) is 0 Å². The van der Waals surface area contributed by atoms with Gasteiger partial charge in [-0.05, 0) is 64.8 Å². The van der Waals surface area contributed by atoms with E-state index in [-0.39, 0.29) is 0 Å². The standard InChI is InChI=1S/C31H30O/c1-3-32-31-21-15-26(16-22-31)10-9-25-11-17-29(18-12-25)30-19-13-27(14-20-30)23-24(2)28-7-5-4-6-8-28/h4-22,24H,3,23H2,1-2H3/b10-9+. The van der Waals surface area contributed by atoms with Crippen LogP contribution in [0.1, 0.15) is 42.0 Å². The molecule has 0 aliphatic carbocycles. The Morgan fingerprint density at radius 2 is 1.19 bits per heavy atom. The zero-order chi connectivity index (χ0) is 22.2. The molecule has 0 aliphatic rings. The van der Waals surface area contributed by atoms with E-state index in [1.165, 1.54) is 27.8 Å². The van der Waals surface area contributed by atoms with Gasteiger partial charge in [0.1, 0.15) is 5.75 Å². The third-order valence-corrected chi connectivity index (χ3v) is 5.77. The molecule has 0 radical (unpaired) electrons. The maximum atomic E-state index is 5.50. The molecule has 4 rings (SSSR count). The average Bonchev–Trinajstić information content (AvgIpc) is 2.85. The van der Waals surface area contributed by atoms with E-state index in [0.717, 1.165) is 17.7 Å². The zero-order valence-electron chi connectivity index (χ0n) is 18.9. The minimum atomic E-state index is 0.517. The Morgan fingerprint density at radius 3 is 1.75 bits per heavy atom. The van der Waals surface area contributed by atoms with Crippen molar-refractivity contribution in [3.8, 4) is 16.9 Å². The minimum absolute atomic E-state index is 0.517. The second kappa shape index (κ2) is 10.6. The van der Waals surface area contributed by atoms with Crippen LogP contribution in [0.25, 0.3) is 23.3 Å². The van der Waals surface area contributed by atoms with Crippen molar-refractivity contribution in [1.82, 2.24) is 0 Å². The van der Waals surface area contributed by atoms with Crippen molar-refractivity contribution in [2.24, 2.45) is 0 Å². The molecule has 0 fully saturated rings. The number of rotatable bonds is 8. The lowest BCUT2D eigenvalue weighted by Gasteiger charge is -2.12. The van der Waals surface area contributed by atoms with Gasteiger partial charge in [0.15, 0.2) is 0 Å². The molecule has 4 aromatic rings. The number of benzene rings is 4. The van der Waals surface area contributed by atoms with Crippen LogP contribution in [-0.4, -0.2) is 6.61 Å². The molecule has 1 atom stereocenters. The molecule has 0 amide bonds. The lowest BCUT2D eigenvalue weighted by molar-refractivity contribution is 0.340. The maximum absolute atomic E-state index is 5.50. The highest BCUT2D eigenvalue weighted by Gasteiger charge is 2.06. The molecule has 0 N–H and O–H groups in total. The number of hydrogen-bond acceptors (Lipinski definition) is 1. The van der Waals surface area contributed by atoms with Crippen molar-refractivity contribution in [2.75, 3.05) is 6.61 Å². The first-order valence-corrected chi connectivity index (χ1v) is 11.4. The van der Waals surface area contributed by atoms with Crippen molar-refractivity contribution in [1.29, 1.82) is 0 Å². The van der Waals surface area contributed by atoms with Crippen molar-refractivity contribution >= 4 is 12.2 Å². The first kappa shape index (κ1) is 21.6. The second-order valence-electron chi connectivity index (χ2n) is 8.17. The SMILES string of the molecule is CCOc1ccc(/C=C/c2ccc(-c3ccc(CC(C)c4ccccc4)cc3)cc2)cc1. The van der Waals surface area contributed by atoms with Gasteiger partial charge in [-0.15, -0.1) is 0 Å². The first-order valence-electron chi connectivity index (χ1n) is 11.4. The predicted molar refractivity (Wildman–Crippen MR) is 137 cm³/mol. The van der Waals surface area contributed by atoms with E-state index in [0.29, 0.717) is 12.5 Å². The van der Waals surface area contributed by atoms with Crippen molar-refractivity contribution in [3.63, 3.8) is 0 Å². The van der Waals surface area contributed by atoms with Gasteiger partial charge in [-0.2, -0.15) is 0 Å². The Kier molecular flexibility index (Phi) is 7.19. The summed E-state index contributed by atoms with van der Waals surface area (Å²) in [7, 11) is 0. The first-order chi connectivity index (χ1) is 15.7. The van der Waals surface area contributed by atoms with Crippen LogP contribution in [0.3, 0.4) is 0 Å². The van der Waals surface area contributed by atoms with Crippen LogP contribution < -0.4 is 4.74 Å². The molecule has 1 nitrogen and oxygen atoms in total. The zero-order valence-corrected chi connectivity index (χ0v) is 18.9. The van der Waals surface area contributed by atoms with E-state index in [4.69, 9.17) is 4.74 Å². The average molecular weight is 419 g/mol. The largest absolute Gasteiger partial charge is 0.494 e. The van der Waals surface area contributed by atoms with Crippen LogP contribution in [-0.2, 0) is 6.42 Å². The Hall–Kier alpha value is -3.58. The topological polar surface area (TPSA) is 9.23 Å². The summed E-state index contributed by atoms with van der Waals surface area (Å²) in [5.41, 5.74) is 7.62. The van der Waals surface area contributed by atoms with Crippen molar-refractivity contribution < 1.29 is 4.74 Å². The predicted octanol–water partition coefficient (Wildman–Crippen LogP) is 8.27. The summed E-state index contributed by atoms with van der Waals surface area (Å²) >= 11 is 0. The second-order valence-corrected chi connectivity index (χ2v) is 8.17. The summed E-state index contributed by atoms with van der Waals surface area (Å²) in [5.74, 6) is 1.43. The number of ether oxygens (including phenoxy) is 1. The smallest absolute Gasteiger partial charge is 0.119 e. The summed E-state index contributed by atoms with van der Waals surface area (Å²) in [6, 6.07) is 36.6. The van der Waals surface area contributed by atoms with Gasteiger partial charge >= 0.3 is 0 Å². The van der Waals surface area contributed by atoms with Crippen molar-refractivity contribution in [2.45, 2.75) is 26.2 Å². The Bertz CT molecular complexity index is 1120. The lowest BCUT2D eigenvalue weighted by atomic mass is 9.93. The molecule has 0 aliphatic heterocycles. The summed E-state index contributed by atoms with van der Waals surface area (Å²) in [6.07, 6.45) is 5.33. The fourth-order valence-corrected chi connectivity index (χ4v) is 3.91. The molecule has 160 valence electrons. The molecule has 1 unspecified atom stereocenters. The molecule has 0 saturated heterocycles. The van der Waals surface area contributed by atoms with Gasteiger partial charge in [-0.3, -0.25) is 0 Å². The van der Waals surface area contributed by atoms with Crippen LogP contribution in [0.2, 0.25) is 0 Å². The molecular formula is C31H30O. The highest BCUT2D eigenvalue weighted by atomic mass is 16.5. The Morgan fingerprint density at radius 1 is 0.656 bits per heavy atom. The van der Waals surface area contributed by atoms with Crippen LogP contribution in [0.4, 0.5) is 0 Å². The summed E-state index contributed by atoms with van der Waals surface area (Å²) in [5, 5.41) is 0. The van der Waals surface area contributed by atoms with Crippen LogP contribution in [0.15, 0.2) is 103 Å². The molecule has 0 aromatic heterocycles. The van der Waals surface area contributed by atoms with Crippen LogP contribution in [0.5, 0.6) is 5.75 Å². The fourth-order valence-electron chi connectivity index (χ4n) is 3.91. The van der Waals surface area contributed by atoms with Crippen LogP contribution >= 0.6 is 0 Å². The molecule has 0 saturated carbocycles. The maximum Gasteiger partial charge on any atom is 0.119 e. The van der Waals surface area contributed by atoms with E-state index < -0.39 is 0 Å². The highest BCUT2D eigenvalue weighted by molar-refractivity contribution is 5.72.